The smallest absolute Gasteiger partial charge is 0.204 e. The van der Waals surface area contributed by atoms with E-state index < -0.39 is 6.10 Å². The predicted octanol–water partition coefficient (Wildman–Crippen LogP) is 2.99. The number of hydrogen-bond donors (Lipinski definition) is 2. The Bertz CT molecular complexity index is 752. The average molecular weight is 323 g/mol. The van der Waals surface area contributed by atoms with Gasteiger partial charge < -0.3 is 15.0 Å². The van der Waals surface area contributed by atoms with Crippen molar-refractivity contribution >= 4 is 39.9 Å². The molecule has 3 rings (SSSR count). The number of para-hydroxylation sites is 2. The van der Waals surface area contributed by atoms with E-state index in [1.807, 2.05) is 24.3 Å². The molecule has 0 aliphatic carbocycles. The number of imidazole rings is 1. The van der Waals surface area contributed by atoms with Gasteiger partial charge in [0.1, 0.15) is 0 Å². The fraction of sp³-hybridized carbons (Fsp3) is 0.286. The maximum Gasteiger partial charge on any atom is 0.204 e. The molecular formula is C14H15ClN4OS. The number of benzene rings is 1. The Morgan fingerprint density at radius 3 is 2.95 bits per heavy atom. The normalized spacial score (nSPS) is 12.7. The van der Waals surface area contributed by atoms with Gasteiger partial charge in [-0.2, -0.15) is 0 Å². The molecule has 5 nitrogen and oxygen atoms in total. The van der Waals surface area contributed by atoms with Crippen LogP contribution in [0.15, 0.2) is 30.5 Å². The second kappa shape index (κ2) is 6.01. The standard InChI is InChI=1S/C14H15ClN4OS/c1-9(20)6-17-14-18-11-4-2-3-5-12(11)19(14)8-10-7-16-13(15)21-10/h2-5,7,9,20H,6,8H2,1H3,(H,17,18). The van der Waals surface area contributed by atoms with E-state index in [0.717, 1.165) is 21.9 Å². The Hall–Kier alpha value is -1.63. The number of aromatic nitrogens is 3. The van der Waals surface area contributed by atoms with Gasteiger partial charge in [-0.3, -0.25) is 0 Å². The highest BCUT2D eigenvalue weighted by atomic mass is 35.5. The van der Waals surface area contributed by atoms with Crippen LogP contribution in [0, 0.1) is 0 Å². The molecule has 0 saturated carbocycles. The number of halogens is 1. The van der Waals surface area contributed by atoms with Crippen molar-refractivity contribution in [3.8, 4) is 0 Å². The largest absolute Gasteiger partial charge is 0.392 e. The first kappa shape index (κ1) is 14.3. The van der Waals surface area contributed by atoms with Gasteiger partial charge in [0.05, 0.1) is 23.7 Å². The first-order valence-corrected chi connectivity index (χ1v) is 7.80. The Morgan fingerprint density at radius 2 is 2.24 bits per heavy atom. The molecule has 2 aromatic heterocycles. The van der Waals surface area contributed by atoms with Crippen molar-refractivity contribution < 1.29 is 5.11 Å². The van der Waals surface area contributed by atoms with E-state index in [0.29, 0.717) is 17.6 Å². The third-order valence-corrected chi connectivity index (χ3v) is 4.15. The zero-order valence-electron chi connectivity index (χ0n) is 11.5. The van der Waals surface area contributed by atoms with Crippen LogP contribution in [0.5, 0.6) is 0 Å². The molecule has 7 heteroatoms. The molecule has 2 heterocycles. The van der Waals surface area contributed by atoms with Crippen molar-refractivity contribution in [1.29, 1.82) is 0 Å². The number of aliphatic hydroxyl groups excluding tert-OH is 1. The van der Waals surface area contributed by atoms with Crippen LogP contribution in [0.4, 0.5) is 5.95 Å². The predicted molar refractivity (Wildman–Crippen MR) is 86.1 cm³/mol. The summed E-state index contributed by atoms with van der Waals surface area (Å²) in [6.07, 6.45) is 1.34. The number of fused-ring (bicyclic) bond motifs is 1. The SMILES string of the molecule is CC(O)CNc1nc2ccccc2n1Cc1cnc(Cl)s1. The quantitative estimate of drug-likeness (QED) is 0.758. The Morgan fingerprint density at radius 1 is 1.43 bits per heavy atom. The zero-order valence-corrected chi connectivity index (χ0v) is 13.0. The highest BCUT2D eigenvalue weighted by Crippen LogP contribution is 2.24. The molecule has 0 radical (unpaired) electrons. The first-order valence-electron chi connectivity index (χ1n) is 6.61. The van der Waals surface area contributed by atoms with E-state index in [1.54, 1.807) is 13.1 Å². The fourth-order valence-corrected chi connectivity index (χ4v) is 3.09. The number of rotatable bonds is 5. The molecule has 0 amide bonds. The number of nitrogens with one attached hydrogen (secondary N) is 1. The summed E-state index contributed by atoms with van der Waals surface area (Å²) in [6, 6.07) is 7.94. The van der Waals surface area contributed by atoms with Gasteiger partial charge in [-0.1, -0.05) is 23.7 Å². The van der Waals surface area contributed by atoms with Crippen LogP contribution < -0.4 is 5.32 Å². The van der Waals surface area contributed by atoms with Gasteiger partial charge in [-0.25, -0.2) is 9.97 Å². The van der Waals surface area contributed by atoms with E-state index in [9.17, 15) is 5.11 Å². The van der Waals surface area contributed by atoms with Crippen LogP contribution >= 0.6 is 22.9 Å². The summed E-state index contributed by atoms with van der Waals surface area (Å²) in [7, 11) is 0. The van der Waals surface area contributed by atoms with E-state index in [1.165, 1.54) is 11.3 Å². The van der Waals surface area contributed by atoms with Gasteiger partial charge in [0, 0.05) is 17.6 Å². The van der Waals surface area contributed by atoms with Crippen molar-refractivity contribution in [3.05, 3.63) is 39.8 Å². The van der Waals surface area contributed by atoms with Gasteiger partial charge in [0.2, 0.25) is 5.95 Å². The minimum Gasteiger partial charge on any atom is -0.392 e. The molecule has 2 N–H and O–H groups in total. The van der Waals surface area contributed by atoms with Gasteiger partial charge in [0.15, 0.2) is 4.47 Å². The molecule has 0 saturated heterocycles. The van der Waals surface area contributed by atoms with Gasteiger partial charge >= 0.3 is 0 Å². The molecule has 3 aromatic rings. The van der Waals surface area contributed by atoms with Gasteiger partial charge in [-0.05, 0) is 19.1 Å². The summed E-state index contributed by atoms with van der Waals surface area (Å²) in [5.41, 5.74) is 1.95. The minimum absolute atomic E-state index is 0.434. The average Bonchev–Trinajstić information content (AvgIpc) is 3.01. The molecule has 0 aliphatic rings. The molecule has 110 valence electrons. The lowest BCUT2D eigenvalue weighted by molar-refractivity contribution is 0.208. The Kier molecular flexibility index (Phi) is 4.10. The Balaban J connectivity index is 1.98. The van der Waals surface area contributed by atoms with E-state index in [-0.39, 0.29) is 0 Å². The molecule has 0 spiro atoms. The van der Waals surface area contributed by atoms with Crippen LogP contribution in [-0.4, -0.2) is 32.3 Å². The van der Waals surface area contributed by atoms with Crippen LogP contribution in [0.3, 0.4) is 0 Å². The highest BCUT2D eigenvalue weighted by Gasteiger charge is 2.12. The molecular weight excluding hydrogens is 308 g/mol. The van der Waals surface area contributed by atoms with Crippen molar-refractivity contribution in [1.82, 2.24) is 14.5 Å². The van der Waals surface area contributed by atoms with Crippen molar-refractivity contribution in [2.24, 2.45) is 0 Å². The molecule has 0 fully saturated rings. The number of anilines is 1. The summed E-state index contributed by atoms with van der Waals surface area (Å²) >= 11 is 7.35. The minimum atomic E-state index is -0.434. The first-order chi connectivity index (χ1) is 10.1. The molecule has 1 aromatic carbocycles. The third kappa shape index (κ3) is 3.18. The van der Waals surface area contributed by atoms with Gasteiger partial charge in [-0.15, -0.1) is 11.3 Å². The Labute approximate surface area is 131 Å². The second-order valence-electron chi connectivity index (χ2n) is 4.82. The summed E-state index contributed by atoms with van der Waals surface area (Å²) in [6.45, 7) is 2.84. The molecule has 0 bridgehead atoms. The fourth-order valence-electron chi connectivity index (χ4n) is 2.12. The van der Waals surface area contributed by atoms with E-state index in [4.69, 9.17) is 11.6 Å². The summed E-state index contributed by atoms with van der Waals surface area (Å²) in [5, 5.41) is 12.6. The number of thiazole rings is 1. The van der Waals surface area contributed by atoms with E-state index >= 15 is 0 Å². The number of aliphatic hydroxyl groups is 1. The molecule has 0 aliphatic heterocycles. The van der Waals surface area contributed by atoms with Crippen molar-refractivity contribution in [2.75, 3.05) is 11.9 Å². The zero-order chi connectivity index (χ0) is 14.8. The number of nitrogens with zero attached hydrogens (tertiary/aromatic N) is 3. The maximum absolute atomic E-state index is 9.45. The second-order valence-corrected chi connectivity index (χ2v) is 6.52. The maximum atomic E-state index is 9.45. The highest BCUT2D eigenvalue weighted by molar-refractivity contribution is 7.15. The lowest BCUT2D eigenvalue weighted by Gasteiger charge is -2.10. The van der Waals surface area contributed by atoms with Crippen molar-refractivity contribution in [2.45, 2.75) is 19.6 Å². The van der Waals surface area contributed by atoms with E-state index in [2.05, 4.69) is 19.9 Å². The van der Waals surface area contributed by atoms with Crippen LogP contribution in [0.1, 0.15) is 11.8 Å². The van der Waals surface area contributed by atoms with Gasteiger partial charge in [0.25, 0.3) is 0 Å². The lowest BCUT2D eigenvalue weighted by Crippen LogP contribution is -2.18. The third-order valence-electron chi connectivity index (χ3n) is 3.05. The number of hydrogen-bond acceptors (Lipinski definition) is 5. The summed E-state index contributed by atoms with van der Waals surface area (Å²) < 4.78 is 2.61. The van der Waals surface area contributed by atoms with Crippen LogP contribution in [0.2, 0.25) is 4.47 Å². The van der Waals surface area contributed by atoms with Crippen LogP contribution in [0.25, 0.3) is 11.0 Å². The molecule has 1 unspecified atom stereocenters. The van der Waals surface area contributed by atoms with Crippen molar-refractivity contribution in [3.63, 3.8) is 0 Å². The topological polar surface area (TPSA) is 63.0 Å². The van der Waals surface area contributed by atoms with Crippen LogP contribution in [-0.2, 0) is 6.54 Å². The molecule has 1 atom stereocenters. The monoisotopic (exact) mass is 322 g/mol. The molecule has 21 heavy (non-hydrogen) atoms. The summed E-state index contributed by atoms with van der Waals surface area (Å²) in [4.78, 5) is 9.71. The summed E-state index contributed by atoms with van der Waals surface area (Å²) in [5.74, 6) is 0.738. The lowest BCUT2D eigenvalue weighted by atomic mass is 10.3.